The molecular weight excluding hydrogens is 523 g/mol. The van der Waals surface area contributed by atoms with Gasteiger partial charge in [0, 0.05) is 61.2 Å². The monoisotopic (exact) mass is 552 g/mol. The lowest BCUT2D eigenvalue weighted by atomic mass is 9.90. The standard InChI is InChI=1S/C30H29FN8O2/c1-30(40,23-2-4-25(31)5-3-23)24-14-32-29(33-15-24)37-9-6-20(7-10-37)28-27-12-21(16-39(27)36-19-34-28)22-13-35-38(17-22)26-8-11-41-18-26/h2-6,12-17,19,26,40H,7-11,18H2,1H3/t26-,30?/m1/s1. The first kappa shape index (κ1) is 25.5. The number of benzene rings is 1. The Morgan fingerprint density at radius 3 is 2.56 bits per heavy atom. The normalized spacial score (nSPS) is 19.0. The van der Waals surface area contributed by atoms with Gasteiger partial charge in [-0.1, -0.05) is 18.2 Å². The number of aromatic nitrogens is 7. The van der Waals surface area contributed by atoms with Gasteiger partial charge < -0.3 is 14.7 Å². The van der Waals surface area contributed by atoms with E-state index in [0.717, 1.165) is 53.9 Å². The van der Waals surface area contributed by atoms with Gasteiger partial charge in [-0.15, -0.1) is 0 Å². The molecule has 41 heavy (non-hydrogen) atoms. The van der Waals surface area contributed by atoms with Crippen LogP contribution in [0.5, 0.6) is 0 Å². The van der Waals surface area contributed by atoms with Gasteiger partial charge in [-0.25, -0.2) is 23.9 Å². The molecule has 0 spiro atoms. The molecular formula is C30H29FN8O2. The van der Waals surface area contributed by atoms with E-state index in [0.29, 0.717) is 30.2 Å². The summed E-state index contributed by atoms with van der Waals surface area (Å²) in [6, 6.07) is 8.20. The lowest BCUT2D eigenvalue weighted by molar-refractivity contribution is 0.101. The molecule has 4 aromatic heterocycles. The van der Waals surface area contributed by atoms with Crippen LogP contribution in [0.25, 0.3) is 22.2 Å². The van der Waals surface area contributed by atoms with Crippen molar-refractivity contribution >= 4 is 17.0 Å². The smallest absolute Gasteiger partial charge is 0.225 e. The molecule has 0 radical (unpaired) electrons. The summed E-state index contributed by atoms with van der Waals surface area (Å²) in [5, 5.41) is 20.1. The fourth-order valence-corrected chi connectivity index (χ4v) is 5.50. The third-order valence-corrected chi connectivity index (χ3v) is 8.02. The third-order valence-electron chi connectivity index (χ3n) is 8.02. The van der Waals surface area contributed by atoms with Crippen LogP contribution < -0.4 is 4.90 Å². The fourth-order valence-electron chi connectivity index (χ4n) is 5.50. The molecule has 10 nitrogen and oxygen atoms in total. The highest BCUT2D eigenvalue weighted by atomic mass is 19.1. The Kier molecular flexibility index (Phi) is 6.32. The highest BCUT2D eigenvalue weighted by molar-refractivity contribution is 5.80. The average molecular weight is 553 g/mol. The zero-order chi connectivity index (χ0) is 28.0. The Hall–Kier alpha value is -4.48. The summed E-state index contributed by atoms with van der Waals surface area (Å²) in [7, 11) is 0. The quantitative estimate of drug-likeness (QED) is 0.337. The van der Waals surface area contributed by atoms with E-state index in [-0.39, 0.29) is 11.9 Å². The van der Waals surface area contributed by atoms with Gasteiger partial charge in [-0.2, -0.15) is 10.2 Å². The largest absolute Gasteiger partial charge is 0.381 e. The van der Waals surface area contributed by atoms with Crippen molar-refractivity contribution in [2.24, 2.45) is 0 Å². The number of hydrogen-bond donors (Lipinski definition) is 1. The van der Waals surface area contributed by atoms with Crippen LogP contribution >= 0.6 is 0 Å². The molecule has 11 heteroatoms. The van der Waals surface area contributed by atoms with Crippen LogP contribution in [-0.2, 0) is 10.3 Å². The molecule has 2 atom stereocenters. The average Bonchev–Trinajstić information content (AvgIpc) is 3.78. The molecule has 0 bridgehead atoms. The number of rotatable bonds is 6. The number of ether oxygens (including phenoxy) is 1. The number of nitrogens with zero attached hydrogens (tertiary/aromatic N) is 8. The summed E-state index contributed by atoms with van der Waals surface area (Å²) in [5.41, 5.74) is 4.86. The Labute approximate surface area is 235 Å². The molecule has 208 valence electrons. The molecule has 6 heterocycles. The molecule has 2 aliphatic rings. The van der Waals surface area contributed by atoms with Crippen molar-refractivity contribution in [2.45, 2.75) is 31.4 Å². The maximum Gasteiger partial charge on any atom is 0.225 e. The van der Waals surface area contributed by atoms with Gasteiger partial charge in [0.05, 0.1) is 30.1 Å². The van der Waals surface area contributed by atoms with Crippen molar-refractivity contribution < 1.29 is 14.2 Å². The lowest BCUT2D eigenvalue weighted by Crippen LogP contribution is -2.30. The van der Waals surface area contributed by atoms with Crippen LogP contribution in [-0.4, -0.2) is 65.8 Å². The second-order valence-electron chi connectivity index (χ2n) is 10.7. The first-order chi connectivity index (χ1) is 20.0. The van der Waals surface area contributed by atoms with E-state index in [1.165, 1.54) is 12.1 Å². The van der Waals surface area contributed by atoms with Crippen molar-refractivity contribution in [3.8, 4) is 11.1 Å². The van der Waals surface area contributed by atoms with Gasteiger partial charge >= 0.3 is 0 Å². The topological polar surface area (TPSA) is 106 Å². The lowest BCUT2D eigenvalue weighted by Gasteiger charge is -2.28. The summed E-state index contributed by atoms with van der Waals surface area (Å²) in [5.74, 6) is 0.234. The molecule has 1 fully saturated rings. The van der Waals surface area contributed by atoms with Crippen LogP contribution in [0.15, 0.2) is 73.7 Å². The van der Waals surface area contributed by atoms with Gasteiger partial charge in [0.15, 0.2) is 0 Å². The van der Waals surface area contributed by atoms with Gasteiger partial charge in [0.25, 0.3) is 0 Å². The van der Waals surface area contributed by atoms with E-state index in [9.17, 15) is 9.50 Å². The third kappa shape index (κ3) is 4.76. The Morgan fingerprint density at radius 1 is 1.00 bits per heavy atom. The molecule has 0 amide bonds. The Morgan fingerprint density at radius 2 is 1.83 bits per heavy atom. The second-order valence-corrected chi connectivity index (χ2v) is 10.7. The SMILES string of the molecule is CC(O)(c1ccc(F)cc1)c1cnc(N2CC=C(c3ncnn4cc(-c5cnn([C@@H]6CCOC6)c5)cc34)CC2)nc1. The van der Waals surface area contributed by atoms with E-state index < -0.39 is 5.60 Å². The highest BCUT2D eigenvalue weighted by Gasteiger charge is 2.27. The maximum atomic E-state index is 13.3. The minimum atomic E-state index is -1.33. The molecule has 5 aromatic rings. The Bertz CT molecular complexity index is 1720. The van der Waals surface area contributed by atoms with Crippen molar-refractivity contribution in [3.05, 3.63) is 96.4 Å². The van der Waals surface area contributed by atoms with E-state index in [4.69, 9.17) is 4.74 Å². The number of aliphatic hydroxyl groups is 1. The van der Waals surface area contributed by atoms with E-state index in [2.05, 4.69) is 48.4 Å². The maximum absolute atomic E-state index is 13.3. The van der Waals surface area contributed by atoms with Gasteiger partial charge in [-0.05, 0) is 49.1 Å². The van der Waals surface area contributed by atoms with Crippen LogP contribution in [0.4, 0.5) is 10.3 Å². The molecule has 1 N–H and O–H groups in total. The summed E-state index contributed by atoms with van der Waals surface area (Å²) < 4.78 is 22.7. The zero-order valence-corrected chi connectivity index (χ0v) is 22.6. The van der Waals surface area contributed by atoms with Crippen LogP contribution in [0.3, 0.4) is 0 Å². The van der Waals surface area contributed by atoms with Crippen molar-refractivity contribution in [3.63, 3.8) is 0 Å². The minimum Gasteiger partial charge on any atom is -0.381 e. The van der Waals surface area contributed by atoms with Gasteiger partial charge in [0.2, 0.25) is 5.95 Å². The molecule has 0 saturated carbocycles. The fraction of sp³-hybridized carbons (Fsp3) is 0.300. The van der Waals surface area contributed by atoms with E-state index in [1.807, 2.05) is 21.6 Å². The number of anilines is 1. The molecule has 2 aliphatic heterocycles. The van der Waals surface area contributed by atoms with E-state index in [1.54, 1.807) is 37.8 Å². The summed E-state index contributed by atoms with van der Waals surface area (Å²) in [4.78, 5) is 15.8. The predicted octanol–water partition coefficient (Wildman–Crippen LogP) is 4.03. The van der Waals surface area contributed by atoms with Gasteiger partial charge in [0.1, 0.15) is 17.7 Å². The van der Waals surface area contributed by atoms with Crippen molar-refractivity contribution in [2.75, 3.05) is 31.2 Å². The molecule has 1 saturated heterocycles. The number of hydrogen-bond acceptors (Lipinski definition) is 8. The van der Waals surface area contributed by atoms with Gasteiger partial charge in [-0.3, -0.25) is 4.68 Å². The number of fused-ring (bicyclic) bond motifs is 1. The minimum absolute atomic E-state index is 0.287. The molecule has 0 aliphatic carbocycles. The predicted molar refractivity (Wildman–Crippen MR) is 151 cm³/mol. The molecule has 1 aromatic carbocycles. The summed E-state index contributed by atoms with van der Waals surface area (Å²) in [6.45, 7) is 4.48. The van der Waals surface area contributed by atoms with Crippen molar-refractivity contribution in [1.29, 1.82) is 0 Å². The van der Waals surface area contributed by atoms with Crippen LogP contribution in [0.1, 0.15) is 42.6 Å². The van der Waals surface area contributed by atoms with Crippen molar-refractivity contribution in [1.82, 2.24) is 34.3 Å². The number of halogens is 1. The second kappa shape index (κ2) is 10.2. The summed E-state index contributed by atoms with van der Waals surface area (Å²) >= 11 is 0. The highest BCUT2D eigenvalue weighted by Crippen LogP contribution is 2.31. The van der Waals surface area contributed by atoms with Crippen LogP contribution in [0.2, 0.25) is 0 Å². The Balaban J connectivity index is 1.09. The zero-order valence-electron chi connectivity index (χ0n) is 22.6. The molecule has 7 rings (SSSR count). The first-order valence-electron chi connectivity index (χ1n) is 13.7. The van der Waals surface area contributed by atoms with Crippen LogP contribution in [0, 0.1) is 5.82 Å². The summed E-state index contributed by atoms with van der Waals surface area (Å²) in [6.07, 6.45) is 14.7. The molecule has 1 unspecified atom stereocenters. The first-order valence-corrected chi connectivity index (χ1v) is 13.7. The van der Waals surface area contributed by atoms with E-state index >= 15 is 0 Å².